The number of hydrogen-bond acceptors (Lipinski definition) is 8. The minimum Gasteiger partial charge on any atom is -0.388 e. The van der Waals surface area contributed by atoms with Crippen LogP contribution in [0.4, 0.5) is 11.6 Å². The van der Waals surface area contributed by atoms with Crippen LogP contribution in [0, 0.1) is 0 Å². The van der Waals surface area contributed by atoms with Gasteiger partial charge in [0, 0.05) is 18.3 Å². The summed E-state index contributed by atoms with van der Waals surface area (Å²) in [5.41, 5.74) is 2.36. The maximum atomic E-state index is 12.3. The van der Waals surface area contributed by atoms with Gasteiger partial charge < -0.3 is 15.0 Å². The van der Waals surface area contributed by atoms with Crippen LogP contribution >= 0.6 is 0 Å². The number of fused-ring (bicyclic) bond motifs is 1. The molecule has 1 aliphatic carbocycles. The number of nitrogens with zero attached hydrogens (tertiary/aromatic N) is 7. The summed E-state index contributed by atoms with van der Waals surface area (Å²) < 4.78 is 15.9. The predicted molar refractivity (Wildman–Crippen MR) is 126 cm³/mol. The molecule has 11 heteroatoms. The highest BCUT2D eigenvalue weighted by molar-refractivity contribution is 7.84. The summed E-state index contributed by atoms with van der Waals surface area (Å²) in [4.78, 5) is 17.9. The number of anilines is 2. The first kappa shape index (κ1) is 21.7. The van der Waals surface area contributed by atoms with Gasteiger partial charge >= 0.3 is 0 Å². The highest BCUT2D eigenvalue weighted by Crippen LogP contribution is 2.28. The fourth-order valence-electron chi connectivity index (χ4n) is 3.91. The van der Waals surface area contributed by atoms with Crippen LogP contribution in [0.2, 0.25) is 0 Å². The summed E-state index contributed by atoms with van der Waals surface area (Å²) in [5, 5.41) is 17.5. The molecule has 0 radical (unpaired) electrons. The number of aliphatic hydroxyl groups excluding tert-OH is 1. The predicted octanol–water partition coefficient (Wildman–Crippen LogP) is 3.36. The second kappa shape index (κ2) is 8.99. The molecule has 2 N–H and O–H groups in total. The van der Waals surface area contributed by atoms with Crippen molar-refractivity contribution in [1.82, 2.24) is 33.7 Å². The van der Waals surface area contributed by atoms with E-state index in [1.807, 2.05) is 6.07 Å². The third-order valence-corrected chi connectivity index (χ3v) is 7.27. The van der Waals surface area contributed by atoms with Gasteiger partial charge in [-0.05, 0) is 32.3 Å². The van der Waals surface area contributed by atoms with Crippen LogP contribution in [-0.2, 0) is 17.6 Å². The van der Waals surface area contributed by atoms with Gasteiger partial charge in [-0.3, -0.25) is 0 Å². The van der Waals surface area contributed by atoms with Crippen LogP contribution in [0.3, 0.4) is 0 Å². The third kappa shape index (κ3) is 4.38. The van der Waals surface area contributed by atoms with Gasteiger partial charge in [0.2, 0.25) is 0 Å². The summed E-state index contributed by atoms with van der Waals surface area (Å²) in [5.74, 6) is 2.32. The molecule has 0 amide bonds. The molecule has 0 bridgehead atoms. The van der Waals surface area contributed by atoms with Crippen molar-refractivity contribution in [3.63, 3.8) is 0 Å². The maximum absolute atomic E-state index is 12.3. The third-order valence-electron chi connectivity index (χ3n) is 5.66. The second-order valence-corrected chi connectivity index (χ2v) is 9.84. The number of imidazole rings is 1. The van der Waals surface area contributed by atoms with Crippen molar-refractivity contribution in [3.8, 4) is 11.4 Å². The van der Waals surface area contributed by atoms with Crippen LogP contribution in [0.25, 0.3) is 22.4 Å². The molecule has 2 unspecified atom stereocenters. The fourth-order valence-corrected chi connectivity index (χ4v) is 5.11. The van der Waals surface area contributed by atoms with Crippen LogP contribution in [0.5, 0.6) is 0 Å². The van der Waals surface area contributed by atoms with Gasteiger partial charge in [0.1, 0.15) is 40.6 Å². The van der Waals surface area contributed by atoms with Crippen LogP contribution in [-0.4, -0.2) is 48.3 Å². The monoisotopic (exact) mass is 466 g/mol. The number of aromatic nitrogens is 7. The van der Waals surface area contributed by atoms with Crippen molar-refractivity contribution < 1.29 is 9.32 Å². The highest BCUT2D eigenvalue weighted by atomic mass is 32.2. The SMILES string of the molecule is CCCC(C)n1c(CO)nc2cnc(Nc3ccnc(-c4cnn(S(=O)C5CC5)c4)n3)cc21. The van der Waals surface area contributed by atoms with Gasteiger partial charge in [-0.15, -0.1) is 0 Å². The molecule has 1 saturated carbocycles. The lowest BCUT2D eigenvalue weighted by atomic mass is 10.2. The van der Waals surface area contributed by atoms with E-state index < -0.39 is 11.0 Å². The zero-order valence-corrected chi connectivity index (χ0v) is 19.4. The van der Waals surface area contributed by atoms with Gasteiger partial charge in [-0.2, -0.15) is 9.19 Å². The Balaban J connectivity index is 1.42. The van der Waals surface area contributed by atoms with Crippen molar-refractivity contribution in [2.45, 2.75) is 57.4 Å². The Hall–Kier alpha value is -3.18. The van der Waals surface area contributed by atoms with E-state index in [1.165, 1.54) is 4.09 Å². The minimum absolute atomic E-state index is 0.125. The summed E-state index contributed by atoms with van der Waals surface area (Å²) in [6.45, 7) is 4.15. The van der Waals surface area contributed by atoms with Gasteiger partial charge in [0.15, 0.2) is 5.82 Å². The lowest BCUT2D eigenvalue weighted by molar-refractivity contribution is 0.261. The van der Waals surface area contributed by atoms with Gasteiger partial charge in [-0.1, -0.05) is 13.3 Å². The van der Waals surface area contributed by atoms with E-state index in [-0.39, 0.29) is 17.9 Å². The number of rotatable bonds is 9. The highest BCUT2D eigenvalue weighted by Gasteiger charge is 2.30. The average Bonchev–Trinajstić information content (AvgIpc) is 3.43. The van der Waals surface area contributed by atoms with E-state index in [0.29, 0.717) is 28.8 Å². The minimum atomic E-state index is -1.14. The molecule has 10 nitrogen and oxygen atoms in total. The second-order valence-electron chi connectivity index (χ2n) is 8.25. The van der Waals surface area contributed by atoms with Gasteiger partial charge in [0.05, 0.1) is 34.9 Å². The summed E-state index contributed by atoms with van der Waals surface area (Å²) in [7, 11) is -1.14. The molecule has 0 spiro atoms. The quantitative estimate of drug-likeness (QED) is 0.385. The van der Waals surface area contributed by atoms with E-state index in [4.69, 9.17) is 0 Å². The molecule has 0 aromatic carbocycles. The van der Waals surface area contributed by atoms with E-state index >= 15 is 0 Å². The van der Waals surface area contributed by atoms with Crippen molar-refractivity contribution >= 4 is 33.7 Å². The Morgan fingerprint density at radius 2 is 2.09 bits per heavy atom. The zero-order valence-electron chi connectivity index (χ0n) is 18.5. The molecule has 0 aliphatic heterocycles. The Morgan fingerprint density at radius 1 is 1.24 bits per heavy atom. The zero-order chi connectivity index (χ0) is 22.9. The van der Waals surface area contributed by atoms with Crippen molar-refractivity contribution in [3.05, 3.63) is 42.7 Å². The first-order valence-corrected chi connectivity index (χ1v) is 12.3. The van der Waals surface area contributed by atoms with E-state index in [9.17, 15) is 9.32 Å². The standard InChI is InChI=1S/C22H26N8O2S/c1-3-4-14(2)30-18-9-20(24-11-17(18)26-21(30)13-31)27-19-7-8-23-22(28-19)15-10-25-29(12-15)33(32)16-5-6-16/h7-12,14,16,31H,3-6,13H2,1-2H3,(H,23,24,27,28). The summed E-state index contributed by atoms with van der Waals surface area (Å²) >= 11 is 0. The smallest absolute Gasteiger partial charge is 0.164 e. The normalized spacial score (nSPS) is 15.6. The molecule has 2 atom stereocenters. The van der Waals surface area contributed by atoms with E-state index in [2.05, 4.69) is 48.8 Å². The molecule has 1 aliphatic rings. The number of nitrogens with one attached hydrogen (secondary N) is 1. The Labute approximate surface area is 193 Å². The molecule has 1 fully saturated rings. The lowest BCUT2D eigenvalue weighted by Gasteiger charge is -2.16. The number of pyridine rings is 1. The largest absolute Gasteiger partial charge is 0.388 e. The topological polar surface area (TPSA) is 124 Å². The Morgan fingerprint density at radius 3 is 2.85 bits per heavy atom. The van der Waals surface area contributed by atoms with Crippen molar-refractivity contribution in [2.75, 3.05) is 5.32 Å². The Kier molecular flexibility index (Phi) is 5.90. The first-order chi connectivity index (χ1) is 16.1. The van der Waals surface area contributed by atoms with Crippen LogP contribution in [0.15, 0.2) is 36.9 Å². The molecular formula is C22H26N8O2S. The summed E-state index contributed by atoms with van der Waals surface area (Å²) in [6.07, 6.45) is 10.7. The molecular weight excluding hydrogens is 440 g/mol. The number of aliphatic hydroxyl groups is 1. The molecule has 4 aromatic heterocycles. The fraction of sp³-hybridized carbons (Fsp3) is 0.409. The van der Waals surface area contributed by atoms with Crippen molar-refractivity contribution in [1.29, 1.82) is 0 Å². The molecule has 172 valence electrons. The van der Waals surface area contributed by atoms with Crippen LogP contribution < -0.4 is 5.32 Å². The molecule has 4 aromatic rings. The van der Waals surface area contributed by atoms with Gasteiger partial charge in [0.25, 0.3) is 0 Å². The lowest BCUT2D eigenvalue weighted by Crippen LogP contribution is -2.09. The Bertz CT molecular complexity index is 1310. The molecule has 5 rings (SSSR count). The average molecular weight is 467 g/mol. The molecule has 33 heavy (non-hydrogen) atoms. The maximum Gasteiger partial charge on any atom is 0.164 e. The molecule has 0 saturated heterocycles. The van der Waals surface area contributed by atoms with Gasteiger partial charge in [-0.25, -0.2) is 24.1 Å². The van der Waals surface area contributed by atoms with Crippen molar-refractivity contribution in [2.24, 2.45) is 0 Å². The molecule has 4 heterocycles. The van der Waals surface area contributed by atoms with E-state index in [0.717, 1.165) is 36.7 Å². The summed E-state index contributed by atoms with van der Waals surface area (Å²) in [6, 6.07) is 3.89. The van der Waals surface area contributed by atoms with Crippen LogP contribution in [0.1, 0.15) is 51.4 Å². The van der Waals surface area contributed by atoms with E-state index in [1.54, 1.807) is 30.9 Å². The first-order valence-electron chi connectivity index (χ1n) is 11.1. The number of hydrogen-bond donors (Lipinski definition) is 2.